The highest BCUT2D eigenvalue weighted by atomic mass is 79.9. The van der Waals surface area contributed by atoms with Crippen LogP contribution in [0.4, 0.5) is 0 Å². The summed E-state index contributed by atoms with van der Waals surface area (Å²) >= 11 is 3.43. The lowest BCUT2D eigenvalue weighted by molar-refractivity contribution is 0.339. The Morgan fingerprint density at radius 3 is 2.41 bits per heavy atom. The molecule has 0 atom stereocenters. The van der Waals surface area contributed by atoms with E-state index in [-0.39, 0.29) is 12.0 Å². The summed E-state index contributed by atoms with van der Waals surface area (Å²) in [5, 5.41) is 8.76. The second-order valence-electron chi connectivity index (χ2n) is 5.16. The summed E-state index contributed by atoms with van der Waals surface area (Å²) < 4.78 is 1.21. The van der Waals surface area contributed by atoms with Crippen molar-refractivity contribution in [3.05, 3.63) is 34.4 Å². The number of halogens is 1. The fourth-order valence-corrected chi connectivity index (χ4v) is 1.71. The molecule has 0 aromatic rings. The quantitative estimate of drug-likeness (QED) is 0.658. The van der Waals surface area contributed by atoms with Gasteiger partial charge in [-0.1, -0.05) is 59.7 Å². The number of aliphatic hydroxyl groups excluding tert-OH is 1. The molecule has 0 unspecified atom stereocenters. The number of aliphatic hydroxyl groups is 1. The average Bonchev–Trinajstić information content (AvgIpc) is 2.23. The molecular formula is C15H25BrO. The monoisotopic (exact) mass is 300 g/mol. The Bertz CT molecular complexity index is 294. The Morgan fingerprint density at radius 1 is 1.24 bits per heavy atom. The Balaban J connectivity index is 4.13. The van der Waals surface area contributed by atoms with Gasteiger partial charge in [0.1, 0.15) is 0 Å². The first-order valence-corrected chi connectivity index (χ1v) is 6.93. The molecule has 0 bridgehead atoms. The first kappa shape index (κ1) is 16.7. The van der Waals surface area contributed by atoms with Crippen LogP contribution in [0.2, 0.25) is 0 Å². The van der Waals surface area contributed by atoms with Gasteiger partial charge in [0, 0.05) is 0 Å². The van der Waals surface area contributed by atoms with Gasteiger partial charge in [0.25, 0.3) is 0 Å². The molecular weight excluding hydrogens is 276 g/mol. The van der Waals surface area contributed by atoms with Crippen molar-refractivity contribution >= 4 is 15.9 Å². The van der Waals surface area contributed by atoms with Gasteiger partial charge in [-0.25, -0.2) is 0 Å². The first-order chi connectivity index (χ1) is 7.87. The highest BCUT2D eigenvalue weighted by Gasteiger charge is 2.11. The van der Waals surface area contributed by atoms with E-state index in [1.807, 2.05) is 6.08 Å². The highest BCUT2D eigenvalue weighted by Crippen LogP contribution is 2.24. The lowest BCUT2D eigenvalue weighted by atomic mass is 9.88. The molecule has 0 amide bonds. The predicted molar refractivity (Wildman–Crippen MR) is 80.3 cm³/mol. The summed E-state index contributed by atoms with van der Waals surface area (Å²) in [6.45, 7) is 8.74. The second kappa shape index (κ2) is 8.71. The molecule has 0 aliphatic rings. The van der Waals surface area contributed by atoms with Crippen LogP contribution in [0.25, 0.3) is 0 Å². The van der Waals surface area contributed by atoms with Crippen LogP contribution in [0.3, 0.4) is 0 Å². The van der Waals surface area contributed by atoms with E-state index in [0.717, 1.165) is 19.3 Å². The average molecular weight is 301 g/mol. The predicted octanol–water partition coefficient (Wildman–Crippen LogP) is 4.98. The van der Waals surface area contributed by atoms with Crippen LogP contribution in [0.1, 0.15) is 47.0 Å². The number of allylic oxidation sites excluding steroid dienone is 5. The smallest absolute Gasteiger partial charge is 0.0612 e. The Kier molecular flexibility index (Phi) is 8.53. The minimum absolute atomic E-state index is 0.126. The molecule has 1 nitrogen and oxygen atoms in total. The van der Waals surface area contributed by atoms with Crippen molar-refractivity contribution in [2.75, 3.05) is 6.61 Å². The molecule has 0 aromatic heterocycles. The van der Waals surface area contributed by atoms with Gasteiger partial charge in [0.15, 0.2) is 0 Å². The highest BCUT2D eigenvalue weighted by molar-refractivity contribution is 9.11. The molecule has 0 aliphatic carbocycles. The lowest BCUT2D eigenvalue weighted by Crippen LogP contribution is -2.06. The van der Waals surface area contributed by atoms with Crippen molar-refractivity contribution in [1.82, 2.24) is 0 Å². The number of hydrogen-bond acceptors (Lipinski definition) is 1. The molecule has 17 heavy (non-hydrogen) atoms. The van der Waals surface area contributed by atoms with Crippen LogP contribution < -0.4 is 0 Å². The minimum Gasteiger partial charge on any atom is -0.392 e. The van der Waals surface area contributed by atoms with Gasteiger partial charge in [0.2, 0.25) is 0 Å². The molecule has 2 heteroatoms. The van der Waals surface area contributed by atoms with Crippen molar-refractivity contribution in [2.24, 2.45) is 5.41 Å². The Labute approximate surface area is 114 Å². The molecule has 0 aliphatic heterocycles. The summed E-state index contributed by atoms with van der Waals surface area (Å²) in [6, 6.07) is 0. The zero-order chi connectivity index (χ0) is 13.3. The fraction of sp³-hybridized carbons (Fsp3) is 0.600. The van der Waals surface area contributed by atoms with Gasteiger partial charge in [-0.15, -0.1) is 0 Å². The zero-order valence-electron chi connectivity index (χ0n) is 11.5. The summed E-state index contributed by atoms with van der Waals surface area (Å²) in [6.07, 6.45) is 11.6. The van der Waals surface area contributed by atoms with E-state index in [9.17, 15) is 0 Å². The van der Waals surface area contributed by atoms with Gasteiger partial charge in [0.05, 0.1) is 6.61 Å². The minimum atomic E-state index is 0.126. The van der Waals surface area contributed by atoms with E-state index < -0.39 is 0 Å². The Morgan fingerprint density at radius 2 is 1.88 bits per heavy atom. The molecule has 0 radical (unpaired) electrons. The summed E-state index contributed by atoms with van der Waals surface area (Å²) in [4.78, 5) is 0. The molecule has 0 heterocycles. The maximum absolute atomic E-state index is 8.76. The van der Waals surface area contributed by atoms with E-state index in [2.05, 4.69) is 61.9 Å². The third-order valence-corrected chi connectivity index (χ3v) is 2.94. The fourth-order valence-electron chi connectivity index (χ4n) is 1.48. The summed E-state index contributed by atoms with van der Waals surface area (Å²) in [5.41, 5.74) is 1.56. The van der Waals surface area contributed by atoms with Crippen LogP contribution in [-0.2, 0) is 0 Å². The van der Waals surface area contributed by atoms with Crippen LogP contribution in [-0.4, -0.2) is 11.7 Å². The zero-order valence-corrected chi connectivity index (χ0v) is 13.0. The van der Waals surface area contributed by atoms with Gasteiger partial charge in [-0.05, 0) is 43.0 Å². The number of rotatable bonds is 7. The third-order valence-electron chi connectivity index (χ3n) is 2.62. The third kappa shape index (κ3) is 10.5. The maximum Gasteiger partial charge on any atom is 0.0612 e. The SMILES string of the molecule is C/C(Br)=C/CC/C(C)=C/CC(C)(C)/C=C/CO. The van der Waals surface area contributed by atoms with Gasteiger partial charge >= 0.3 is 0 Å². The van der Waals surface area contributed by atoms with Crippen molar-refractivity contribution in [3.63, 3.8) is 0 Å². The Hall–Kier alpha value is -0.340. The van der Waals surface area contributed by atoms with Gasteiger partial charge in [-0.3, -0.25) is 0 Å². The van der Waals surface area contributed by atoms with Crippen LogP contribution >= 0.6 is 15.9 Å². The van der Waals surface area contributed by atoms with Crippen LogP contribution in [0.5, 0.6) is 0 Å². The van der Waals surface area contributed by atoms with E-state index >= 15 is 0 Å². The van der Waals surface area contributed by atoms with Crippen LogP contribution in [0, 0.1) is 5.41 Å². The van der Waals surface area contributed by atoms with E-state index in [1.54, 1.807) is 0 Å². The molecule has 0 aromatic carbocycles. The molecule has 98 valence electrons. The molecule has 0 saturated heterocycles. The standard InChI is InChI=1S/C15H25BrO/c1-13(7-5-8-14(2)16)9-11-15(3,4)10-6-12-17/h6,8-10,17H,5,7,11-12H2,1-4H3/b10-6+,13-9+,14-8-. The van der Waals surface area contributed by atoms with Crippen LogP contribution in [0.15, 0.2) is 34.4 Å². The normalized spacial score (nSPS) is 14.7. The molecule has 0 fully saturated rings. The summed E-state index contributed by atoms with van der Waals surface area (Å²) in [5.74, 6) is 0. The number of hydrogen-bond donors (Lipinski definition) is 1. The van der Waals surface area contributed by atoms with E-state index in [4.69, 9.17) is 5.11 Å². The second-order valence-corrected chi connectivity index (χ2v) is 6.41. The molecule has 0 spiro atoms. The topological polar surface area (TPSA) is 20.2 Å². The maximum atomic E-state index is 8.76. The van der Waals surface area contributed by atoms with E-state index in [0.29, 0.717) is 0 Å². The molecule has 1 N–H and O–H groups in total. The van der Waals surface area contributed by atoms with Crippen molar-refractivity contribution in [2.45, 2.75) is 47.0 Å². The molecule has 0 saturated carbocycles. The van der Waals surface area contributed by atoms with Gasteiger partial charge < -0.3 is 5.11 Å². The first-order valence-electron chi connectivity index (χ1n) is 6.14. The van der Waals surface area contributed by atoms with Crippen molar-refractivity contribution < 1.29 is 5.11 Å². The molecule has 0 rings (SSSR count). The lowest BCUT2D eigenvalue weighted by Gasteiger charge is -2.18. The van der Waals surface area contributed by atoms with Crippen molar-refractivity contribution in [1.29, 1.82) is 0 Å². The van der Waals surface area contributed by atoms with E-state index in [1.165, 1.54) is 10.1 Å². The van der Waals surface area contributed by atoms with Gasteiger partial charge in [-0.2, -0.15) is 0 Å². The van der Waals surface area contributed by atoms with Crippen molar-refractivity contribution in [3.8, 4) is 0 Å². The summed E-state index contributed by atoms with van der Waals surface area (Å²) in [7, 11) is 0. The largest absolute Gasteiger partial charge is 0.392 e.